The van der Waals surface area contributed by atoms with Gasteiger partial charge in [0, 0.05) is 6.54 Å². The molecule has 2 heterocycles. The number of aromatic nitrogens is 1. The molecule has 5 heteroatoms. The Kier molecular flexibility index (Phi) is 2.82. The molecule has 5 nitrogen and oxygen atoms in total. The van der Waals surface area contributed by atoms with Gasteiger partial charge in [0.1, 0.15) is 12.0 Å². The maximum absolute atomic E-state index is 12.0. The van der Waals surface area contributed by atoms with Gasteiger partial charge in [-0.25, -0.2) is 0 Å². The molecule has 0 aliphatic carbocycles. The lowest BCUT2D eigenvalue weighted by Crippen LogP contribution is -2.44. The second-order valence-electron chi connectivity index (χ2n) is 4.31. The Balaban J connectivity index is 1.70. The van der Waals surface area contributed by atoms with Gasteiger partial charge in [0.2, 0.25) is 5.91 Å². The van der Waals surface area contributed by atoms with Gasteiger partial charge in [0.25, 0.3) is 0 Å². The van der Waals surface area contributed by atoms with Gasteiger partial charge in [-0.1, -0.05) is 29.4 Å². The third kappa shape index (κ3) is 2.12. The average Bonchev–Trinajstić information content (AvgIpc) is 2.91. The summed E-state index contributed by atoms with van der Waals surface area (Å²) in [6.07, 6.45) is 3.59. The molecule has 0 saturated heterocycles. The molecule has 1 aliphatic rings. The molecule has 3 rings (SSSR count). The highest BCUT2D eigenvalue weighted by Gasteiger charge is 2.23. The SMILES string of the molecule is O=C(Nc1cnoc1)[C@H]1Cc2ccccc2CN1. The van der Waals surface area contributed by atoms with Crippen molar-refractivity contribution in [3.8, 4) is 0 Å². The van der Waals surface area contributed by atoms with Crippen LogP contribution in [0.4, 0.5) is 5.69 Å². The zero-order valence-electron chi connectivity index (χ0n) is 9.72. The highest BCUT2D eigenvalue weighted by molar-refractivity contribution is 5.94. The van der Waals surface area contributed by atoms with E-state index in [1.807, 2.05) is 12.1 Å². The molecule has 0 spiro atoms. The zero-order chi connectivity index (χ0) is 12.4. The first-order valence-electron chi connectivity index (χ1n) is 5.83. The molecule has 92 valence electrons. The van der Waals surface area contributed by atoms with Gasteiger partial charge in [-0.05, 0) is 17.5 Å². The number of carbonyl (C=O) groups is 1. The van der Waals surface area contributed by atoms with Gasteiger partial charge in [-0.15, -0.1) is 0 Å². The number of carbonyl (C=O) groups excluding carboxylic acids is 1. The first kappa shape index (κ1) is 11.0. The van der Waals surface area contributed by atoms with Crippen LogP contribution in [0.25, 0.3) is 0 Å². The minimum Gasteiger partial charge on any atom is -0.363 e. The number of benzene rings is 1. The molecule has 0 saturated carbocycles. The van der Waals surface area contributed by atoms with Crippen molar-refractivity contribution in [2.45, 2.75) is 19.0 Å². The maximum Gasteiger partial charge on any atom is 0.241 e. The molecule has 0 radical (unpaired) electrons. The monoisotopic (exact) mass is 243 g/mol. The molecule has 1 aliphatic heterocycles. The highest BCUT2D eigenvalue weighted by Crippen LogP contribution is 2.17. The van der Waals surface area contributed by atoms with E-state index in [1.54, 1.807) is 0 Å². The van der Waals surface area contributed by atoms with Crippen LogP contribution in [0.3, 0.4) is 0 Å². The van der Waals surface area contributed by atoms with Crippen molar-refractivity contribution in [2.75, 3.05) is 5.32 Å². The van der Waals surface area contributed by atoms with Gasteiger partial charge >= 0.3 is 0 Å². The second-order valence-corrected chi connectivity index (χ2v) is 4.31. The third-order valence-corrected chi connectivity index (χ3v) is 3.10. The summed E-state index contributed by atoms with van der Waals surface area (Å²) in [5, 5.41) is 9.54. The molecule has 1 aromatic carbocycles. The molecular weight excluding hydrogens is 230 g/mol. The predicted octanol–water partition coefficient (Wildman–Crippen LogP) is 1.33. The lowest BCUT2D eigenvalue weighted by molar-refractivity contribution is -0.118. The third-order valence-electron chi connectivity index (χ3n) is 3.10. The van der Waals surface area contributed by atoms with Gasteiger partial charge in [0.05, 0.1) is 12.2 Å². The average molecular weight is 243 g/mol. The van der Waals surface area contributed by atoms with E-state index in [0.29, 0.717) is 12.1 Å². The van der Waals surface area contributed by atoms with E-state index in [0.717, 1.165) is 6.54 Å². The Labute approximate surface area is 104 Å². The molecule has 18 heavy (non-hydrogen) atoms. The van der Waals surface area contributed by atoms with E-state index in [4.69, 9.17) is 0 Å². The number of amides is 1. The number of anilines is 1. The van der Waals surface area contributed by atoms with Crippen LogP contribution in [-0.2, 0) is 17.8 Å². The summed E-state index contributed by atoms with van der Waals surface area (Å²) in [7, 11) is 0. The molecule has 1 atom stereocenters. The van der Waals surface area contributed by atoms with Crippen molar-refractivity contribution < 1.29 is 9.32 Å². The number of rotatable bonds is 2. The quantitative estimate of drug-likeness (QED) is 0.835. The Morgan fingerprint density at radius 2 is 2.22 bits per heavy atom. The van der Waals surface area contributed by atoms with Crippen LogP contribution in [0.1, 0.15) is 11.1 Å². The summed E-state index contributed by atoms with van der Waals surface area (Å²) >= 11 is 0. The number of hydrogen-bond acceptors (Lipinski definition) is 4. The van der Waals surface area contributed by atoms with Crippen LogP contribution in [-0.4, -0.2) is 17.1 Å². The Morgan fingerprint density at radius 1 is 1.39 bits per heavy atom. The van der Waals surface area contributed by atoms with Gasteiger partial charge < -0.3 is 15.2 Å². The van der Waals surface area contributed by atoms with Crippen LogP contribution >= 0.6 is 0 Å². The van der Waals surface area contributed by atoms with Crippen LogP contribution in [0.15, 0.2) is 41.2 Å². The molecule has 1 amide bonds. The van der Waals surface area contributed by atoms with Gasteiger partial charge in [-0.2, -0.15) is 0 Å². The first-order chi connectivity index (χ1) is 8.83. The fourth-order valence-electron chi connectivity index (χ4n) is 2.14. The topological polar surface area (TPSA) is 67.2 Å². The van der Waals surface area contributed by atoms with E-state index < -0.39 is 0 Å². The second kappa shape index (κ2) is 4.62. The Hall–Kier alpha value is -2.14. The van der Waals surface area contributed by atoms with E-state index in [1.165, 1.54) is 23.6 Å². The van der Waals surface area contributed by atoms with Crippen molar-refractivity contribution in [1.29, 1.82) is 0 Å². The highest BCUT2D eigenvalue weighted by atomic mass is 16.5. The van der Waals surface area contributed by atoms with E-state index in [2.05, 4.69) is 32.4 Å². The predicted molar refractivity (Wildman–Crippen MR) is 65.9 cm³/mol. The lowest BCUT2D eigenvalue weighted by atomic mass is 9.95. The van der Waals surface area contributed by atoms with Crippen molar-refractivity contribution in [3.05, 3.63) is 47.9 Å². The van der Waals surface area contributed by atoms with E-state index in [9.17, 15) is 4.79 Å². The fourth-order valence-corrected chi connectivity index (χ4v) is 2.14. The van der Waals surface area contributed by atoms with E-state index in [-0.39, 0.29) is 11.9 Å². The largest absolute Gasteiger partial charge is 0.363 e. The fraction of sp³-hybridized carbons (Fsp3) is 0.231. The smallest absolute Gasteiger partial charge is 0.241 e. The molecule has 0 fully saturated rings. The number of hydrogen-bond donors (Lipinski definition) is 2. The van der Waals surface area contributed by atoms with Gasteiger partial charge in [-0.3, -0.25) is 4.79 Å². The van der Waals surface area contributed by atoms with Crippen LogP contribution in [0.5, 0.6) is 0 Å². The summed E-state index contributed by atoms with van der Waals surface area (Å²) in [6, 6.07) is 7.94. The minimum atomic E-state index is -0.213. The van der Waals surface area contributed by atoms with Crippen molar-refractivity contribution >= 4 is 11.6 Å². The molecule has 2 aromatic rings. The zero-order valence-corrected chi connectivity index (χ0v) is 9.72. The van der Waals surface area contributed by atoms with Crippen molar-refractivity contribution in [1.82, 2.24) is 10.5 Å². The summed E-state index contributed by atoms with van der Waals surface area (Å²) < 4.78 is 4.67. The molecule has 1 aromatic heterocycles. The normalized spacial score (nSPS) is 18.1. The van der Waals surface area contributed by atoms with E-state index >= 15 is 0 Å². The van der Waals surface area contributed by atoms with Crippen LogP contribution < -0.4 is 10.6 Å². The summed E-state index contributed by atoms with van der Waals surface area (Å²) in [6.45, 7) is 0.720. The first-order valence-corrected chi connectivity index (χ1v) is 5.83. The van der Waals surface area contributed by atoms with Crippen molar-refractivity contribution in [3.63, 3.8) is 0 Å². The lowest BCUT2D eigenvalue weighted by Gasteiger charge is -2.24. The molecule has 0 unspecified atom stereocenters. The molecule has 2 N–H and O–H groups in total. The number of nitrogens with zero attached hydrogens (tertiary/aromatic N) is 1. The van der Waals surface area contributed by atoms with Crippen LogP contribution in [0, 0.1) is 0 Å². The molecule has 0 bridgehead atoms. The maximum atomic E-state index is 12.0. The van der Waals surface area contributed by atoms with Gasteiger partial charge in [0.15, 0.2) is 0 Å². The van der Waals surface area contributed by atoms with Crippen LogP contribution in [0.2, 0.25) is 0 Å². The standard InChI is InChI=1S/C13H13N3O2/c17-13(16-11-7-15-18-8-11)12-5-9-3-1-2-4-10(9)6-14-12/h1-4,7-8,12,14H,5-6H2,(H,16,17)/t12-/m1/s1. The summed E-state index contributed by atoms with van der Waals surface area (Å²) in [4.78, 5) is 12.0. The molecular formula is C13H13N3O2. The number of fused-ring (bicyclic) bond motifs is 1. The minimum absolute atomic E-state index is 0.0623. The van der Waals surface area contributed by atoms with Crippen molar-refractivity contribution in [2.24, 2.45) is 0 Å². The summed E-state index contributed by atoms with van der Waals surface area (Å²) in [5.41, 5.74) is 3.06. The summed E-state index contributed by atoms with van der Waals surface area (Å²) in [5.74, 6) is -0.0623. The Morgan fingerprint density at radius 3 is 3.00 bits per heavy atom. The number of nitrogens with one attached hydrogen (secondary N) is 2. The Bertz CT molecular complexity index is 551.